The normalized spacial score (nSPS) is 13.4. The molecule has 1 saturated carbocycles. The van der Waals surface area contributed by atoms with Crippen LogP contribution >= 0.6 is 11.3 Å². The molecule has 132 valence electrons. The van der Waals surface area contributed by atoms with Gasteiger partial charge in [0.25, 0.3) is 0 Å². The highest BCUT2D eigenvalue weighted by atomic mass is 32.1. The molecule has 6 heteroatoms. The molecule has 3 rings (SSSR count). The number of benzene rings is 1. The van der Waals surface area contributed by atoms with Crippen molar-refractivity contribution >= 4 is 28.2 Å². The van der Waals surface area contributed by atoms with Crippen LogP contribution in [-0.4, -0.2) is 25.6 Å². The highest BCUT2D eigenvalue weighted by Gasteiger charge is 2.32. The van der Waals surface area contributed by atoms with E-state index in [1.54, 1.807) is 14.0 Å². The second-order valence-corrected chi connectivity index (χ2v) is 6.81. The third kappa shape index (κ3) is 4.02. The Bertz CT molecular complexity index is 779. The van der Waals surface area contributed by atoms with Gasteiger partial charge in [-0.05, 0) is 42.7 Å². The Morgan fingerprint density at radius 1 is 1.28 bits per heavy atom. The molecular formula is C19H21NO4S. The van der Waals surface area contributed by atoms with Gasteiger partial charge in [0.1, 0.15) is 10.8 Å². The van der Waals surface area contributed by atoms with E-state index in [1.165, 1.54) is 11.3 Å². The van der Waals surface area contributed by atoms with E-state index in [0.717, 1.165) is 24.0 Å². The van der Waals surface area contributed by atoms with Crippen LogP contribution in [0, 0.1) is 0 Å². The SMILES string of the molecule is CCOC(=O)c1c(C2CC2)csc1NC(=O)Cc1ccccc1OC. The van der Waals surface area contributed by atoms with Crippen LogP contribution in [0.5, 0.6) is 5.75 Å². The first-order valence-corrected chi connectivity index (χ1v) is 9.22. The zero-order valence-corrected chi connectivity index (χ0v) is 15.2. The standard InChI is InChI=1S/C19H21NO4S/c1-3-24-19(22)17-14(12-8-9-12)11-25-18(17)20-16(21)10-13-6-4-5-7-15(13)23-2/h4-7,11-12H,3,8-10H2,1-2H3,(H,20,21). The number of ether oxygens (including phenoxy) is 2. The van der Waals surface area contributed by atoms with E-state index in [-0.39, 0.29) is 18.3 Å². The molecule has 25 heavy (non-hydrogen) atoms. The molecular weight excluding hydrogens is 338 g/mol. The lowest BCUT2D eigenvalue weighted by atomic mass is 10.1. The fourth-order valence-corrected chi connectivity index (χ4v) is 3.81. The Hall–Kier alpha value is -2.34. The fraction of sp³-hybridized carbons (Fsp3) is 0.368. The minimum absolute atomic E-state index is 0.181. The molecule has 1 aliphatic carbocycles. The molecule has 0 atom stereocenters. The van der Waals surface area contributed by atoms with Crippen LogP contribution in [-0.2, 0) is 16.0 Å². The molecule has 0 bridgehead atoms. The number of anilines is 1. The van der Waals surface area contributed by atoms with Gasteiger partial charge in [0.15, 0.2) is 0 Å². The summed E-state index contributed by atoms with van der Waals surface area (Å²) in [5.74, 6) is 0.543. The van der Waals surface area contributed by atoms with Gasteiger partial charge in [0.05, 0.1) is 25.7 Å². The van der Waals surface area contributed by atoms with Gasteiger partial charge >= 0.3 is 5.97 Å². The number of hydrogen-bond donors (Lipinski definition) is 1. The van der Waals surface area contributed by atoms with Gasteiger partial charge in [-0.15, -0.1) is 11.3 Å². The number of nitrogens with one attached hydrogen (secondary N) is 1. The van der Waals surface area contributed by atoms with Crippen molar-refractivity contribution in [3.8, 4) is 5.75 Å². The van der Waals surface area contributed by atoms with Gasteiger partial charge in [-0.2, -0.15) is 0 Å². The Morgan fingerprint density at radius 2 is 2.04 bits per heavy atom. The van der Waals surface area contributed by atoms with E-state index in [0.29, 0.717) is 28.8 Å². The first-order valence-electron chi connectivity index (χ1n) is 8.34. The molecule has 0 radical (unpaired) electrons. The van der Waals surface area contributed by atoms with Gasteiger partial charge < -0.3 is 14.8 Å². The number of hydrogen-bond acceptors (Lipinski definition) is 5. The van der Waals surface area contributed by atoms with Crippen molar-refractivity contribution in [2.24, 2.45) is 0 Å². The number of carbonyl (C=O) groups is 2. The van der Waals surface area contributed by atoms with Crippen LogP contribution in [0.25, 0.3) is 0 Å². The summed E-state index contributed by atoms with van der Waals surface area (Å²) >= 11 is 1.38. The summed E-state index contributed by atoms with van der Waals surface area (Å²) in [6.45, 7) is 2.09. The monoisotopic (exact) mass is 359 g/mol. The summed E-state index contributed by atoms with van der Waals surface area (Å²) in [4.78, 5) is 24.8. The molecule has 0 saturated heterocycles. The van der Waals surface area contributed by atoms with Crippen molar-refractivity contribution in [2.75, 3.05) is 19.0 Å². The first kappa shape index (κ1) is 17.5. The molecule has 2 aromatic rings. The Balaban J connectivity index is 1.78. The van der Waals surface area contributed by atoms with Crippen LogP contribution < -0.4 is 10.1 Å². The number of esters is 1. The van der Waals surface area contributed by atoms with E-state index in [9.17, 15) is 9.59 Å². The fourth-order valence-electron chi connectivity index (χ4n) is 2.76. The van der Waals surface area contributed by atoms with Crippen LogP contribution in [0.3, 0.4) is 0 Å². The third-order valence-corrected chi connectivity index (χ3v) is 5.03. The maximum Gasteiger partial charge on any atom is 0.341 e. The number of carbonyl (C=O) groups excluding carboxylic acids is 2. The molecule has 1 N–H and O–H groups in total. The molecule has 1 aromatic heterocycles. The molecule has 0 unspecified atom stereocenters. The molecule has 1 aliphatic rings. The summed E-state index contributed by atoms with van der Waals surface area (Å²) in [7, 11) is 1.58. The predicted molar refractivity (Wildman–Crippen MR) is 97.6 cm³/mol. The second kappa shape index (κ2) is 7.70. The van der Waals surface area contributed by atoms with Crippen molar-refractivity contribution in [3.63, 3.8) is 0 Å². The topological polar surface area (TPSA) is 64.6 Å². The minimum Gasteiger partial charge on any atom is -0.496 e. The molecule has 1 heterocycles. The van der Waals surface area contributed by atoms with Crippen molar-refractivity contribution in [1.29, 1.82) is 0 Å². The van der Waals surface area contributed by atoms with E-state index < -0.39 is 0 Å². The van der Waals surface area contributed by atoms with Crippen molar-refractivity contribution in [3.05, 3.63) is 46.3 Å². The van der Waals surface area contributed by atoms with Gasteiger partial charge in [0.2, 0.25) is 5.91 Å². The average molecular weight is 359 g/mol. The average Bonchev–Trinajstić information content (AvgIpc) is 3.36. The summed E-state index contributed by atoms with van der Waals surface area (Å²) in [6, 6.07) is 7.41. The van der Waals surface area contributed by atoms with Crippen molar-refractivity contribution in [1.82, 2.24) is 0 Å². The number of amides is 1. The largest absolute Gasteiger partial charge is 0.496 e. The van der Waals surface area contributed by atoms with Crippen LogP contribution in [0.2, 0.25) is 0 Å². The number of para-hydroxylation sites is 1. The van der Waals surface area contributed by atoms with Crippen molar-refractivity contribution in [2.45, 2.75) is 32.1 Å². The minimum atomic E-state index is -0.363. The molecule has 1 aromatic carbocycles. The van der Waals surface area contributed by atoms with Gasteiger partial charge in [-0.1, -0.05) is 18.2 Å². The summed E-state index contributed by atoms with van der Waals surface area (Å²) in [6.07, 6.45) is 2.35. The first-order chi connectivity index (χ1) is 12.1. The highest BCUT2D eigenvalue weighted by molar-refractivity contribution is 7.15. The highest BCUT2D eigenvalue weighted by Crippen LogP contribution is 2.46. The summed E-state index contributed by atoms with van der Waals surface area (Å²) in [5.41, 5.74) is 2.32. The maximum atomic E-state index is 12.5. The zero-order valence-electron chi connectivity index (χ0n) is 14.3. The second-order valence-electron chi connectivity index (χ2n) is 5.93. The third-order valence-electron chi connectivity index (χ3n) is 4.11. The van der Waals surface area contributed by atoms with Crippen molar-refractivity contribution < 1.29 is 19.1 Å². The lowest BCUT2D eigenvalue weighted by molar-refractivity contribution is -0.115. The molecule has 0 aliphatic heterocycles. The Kier molecular flexibility index (Phi) is 5.38. The zero-order chi connectivity index (χ0) is 17.8. The Labute approximate surface area is 151 Å². The summed E-state index contributed by atoms with van der Waals surface area (Å²) in [5, 5.41) is 5.41. The van der Waals surface area contributed by atoms with E-state index in [2.05, 4.69) is 5.32 Å². The smallest absolute Gasteiger partial charge is 0.341 e. The van der Waals surface area contributed by atoms with E-state index >= 15 is 0 Å². The van der Waals surface area contributed by atoms with Gasteiger partial charge in [-0.3, -0.25) is 4.79 Å². The van der Waals surface area contributed by atoms with E-state index in [1.807, 2.05) is 29.6 Å². The number of methoxy groups -OCH3 is 1. The predicted octanol–water partition coefficient (Wildman–Crippen LogP) is 3.99. The van der Waals surface area contributed by atoms with Crippen LogP contribution in [0.4, 0.5) is 5.00 Å². The molecule has 5 nitrogen and oxygen atoms in total. The van der Waals surface area contributed by atoms with Crippen LogP contribution in [0.1, 0.15) is 47.2 Å². The molecule has 1 fully saturated rings. The summed E-state index contributed by atoms with van der Waals surface area (Å²) < 4.78 is 10.5. The lowest BCUT2D eigenvalue weighted by Gasteiger charge is -2.10. The molecule has 0 spiro atoms. The lowest BCUT2D eigenvalue weighted by Crippen LogP contribution is -2.17. The number of rotatable bonds is 7. The van der Waals surface area contributed by atoms with E-state index in [4.69, 9.17) is 9.47 Å². The molecule has 1 amide bonds. The quantitative estimate of drug-likeness (QED) is 0.759. The number of thiophene rings is 1. The maximum absolute atomic E-state index is 12.5. The Morgan fingerprint density at radius 3 is 2.72 bits per heavy atom. The van der Waals surface area contributed by atoms with Gasteiger partial charge in [0, 0.05) is 5.56 Å². The van der Waals surface area contributed by atoms with Gasteiger partial charge in [-0.25, -0.2) is 4.79 Å². The van der Waals surface area contributed by atoms with Crippen LogP contribution in [0.15, 0.2) is 29.6 Å².